The number of carbonyl (C=O) groups is 1. The number of alkyl halides is 4. The van der Waals surface area contributed by atoms with Crippen LogP contribution >= 0.6 is 0 Å². The molecule has 0 radical (unpaired) electrons. The van der Waals surface area contributed by atoms with Gasteiger partial charge in [-0.3, -0.25) is 4.79 Å². The Balaban J connectivity index is 1.34. The predicted molar refractivity (Wildman–Crippen MR) is 133 cm³/mol. The van der Waals surface area contributed by atoms with Crippen molar-refractivity contribution >= 4 is 11.6 Å². The Bertz CT molecular complexity index is 1400. The number of aryl methyl sites for hydroxylation is 1. The highest BCUT2D eigenvalue weighted by atomic mass is 19.4. The molecule has 1 aliphatic heterocycles. The molecule has 2 aliphatic carbocycles. The first-order valence-electron chi connectivity index (χ1n) is 12.9. The lowest BCUT2D eigenvalue weighted by Gasteiger charge is -2.43. The van der Waals surface area contributed by atoms with Gasteiger partial charge in [-0.2, -0.15) is 13.2 Å². The number of aromatic nitrogens is 3. The van der Waals surface area contributed by atoms with Crippen molar-refractivity contribution in [1.29, 1.82) is 0 Å². The molecule has 0 bridgehead atoms. The van der Waals surface area contributed by atoms with Crippen LogP contribution in [-0.4, -0.2) is 32.4 Å². The molecule has 0 unspecified atom stereocenters. The van der Waals surface area contributed by atoms with E-state index < -0.39 is 29.2 Å². The largest absolute Gasteiger partial charge is 0.416 e. The highest BCUT2D eigenvalue weighted by molar-refractivity contribution is 6.10. The molecular weight excluding hydrogens is 498 g/mol. The number of carbonyl (C=O) groups excluding carboxylic acids is 1. The molecular formula is C28H29F4N5O. The molecule has 2 saturated carbocycles. The summed E-state index contributed by atoms with van der Waals surface area (Å²) in [7, 11) is 1.80. The average molecular weight is 528 g/mol. The molecule has 200 valence electrons. The Kier molecular flexibility index (Phi) is 5.68. The molecule has 2 aromatic carbocycles. The quantitative estimate of drug-likeness (QED) is 0.434. The Morgan fingerprint density at radius 3 is 2.53 bits per heavy atom. The summed E-state index contributed by atoms with van der Waals surface area (Å²) in [6, 6.07) is 9.84. The van der Waals surface area contributed by atoms with Gasteiger partial charge in [-0.15, -0.1) is 10.2 Å². The number of fused-ring (bicyclic) bond motifs is 1. The number of nitrogens with zero attached hydrogens (tertiary/aromatic N) is 4. The molecule has 3 aliphatic rings. The number of rotatable bonds is 6. The SMILES string of the molecule is Cn1cnnc1[C@]1(c2cccc(N3Cc4c(cc(CNC5(C)CCC5)cc4C(F)(F)F)C3=O)c2)C[C@@H](F)C1. The van der Waals surface area contributed by atoms with Crippen LogP contribution in [0, 0.1) is 0 Å². The van der Waals surface area contributed by atoms with Crippen molar-refractivity contribution in [2.45, 2.75) is 75.4 Å². The standard InChI is InChI=1S/C28H29F4N5O/c1-26(7-4-8-26)33-14-17-9-21-22(23(10-17)28(30,31)32)15-37(24(21)38)20-6-3-5-18(11-20)27(12-19(29)13-27)25-35-34-16-36(25)2/h3,5-6,9-11,16,19,33H,4,7-8,12-15H2,1-2H3/t19-,27-. The van der Waals surface area contributed by atoms with Gasteiger partial charge in [0.2, 0.25) is 0 Å². The lowest BCUT2D eigenvalue weighted by atomic mass is 9.62. The predicted octanol–water partition coefficient (Wildman–Crippen LogP) is 5.44. The van der Waals surface area contributed by atoms with E-state index in [9.17, 15) is 22.4 Å². The Morgan fingerprint density at radius 2 is 1.92 bits per heavy atom. The molecule has 0 spiro atoms. The van der Waals surface area contributed by atoms with Crippen LogP contribution in [0.4, 0.5) is 23.2 Å². The zero-order chi connectivity index (χ0) is 26.9. The molecule has 2 fully saturated rings. The molecule has 1 amide bonds. The number of benzene rings is 2. The van der Waals surface area contributed by atoms with Crippen molar-refractivity contribution in [3.63, 3.8) is 0 Å². The smallest absolute Gasteiger partial charge is 0.320 e. The van der Waals surface area contributed by atoms with Gasteiger partial charge in [0.15, 0.2) is 0 Å². The first kappa shape index (κ1) is 25.0. The van der Waals surface area contributed by atoms with Crippen molar-refractivity contribution in [2.75, 3.05) is 4.90 Å². The molecule has 38 heavy (non-hydrogen) atoms. The summed E-state index contributed by atoms with van der Waals surface area (Å²) in [5.74, 6) is 0.153. The highest BCUT2D eigenvalue weighted by Crippen LogP contribution is 2.50. The second-order valence-electron chi connectivity index (χ2n) is 11.2. The number of nitrogens with one attached hydrogen (secondary N) is 1. The zero-order valence-corrected chi connectivity index (χ0v) is 21.3. The van der Waals surface area contributed by atoms with Crippen LogP contribution in [0.15, 0.2) is 42.7 Å². The third-order valence-electron chi connectivity index (χ3n) is 8.57. The van der Waals surface area contributed by atoms with Crippen LogP contribution < -0.4 is 10.2 Å². The van der Waals surface area contributed by atoms with Crippen LogP contribution in [0.25, 0.3) is 0 Å². The fraction of sp³-hybridized carbons (Fsp3) is 0.464. The van der Waals surface area contributed by atoms with Crippen LogP contribution in [-0.2, 0) is 31.7 Å². The maximum absolute atomic E-state index is 14.2. The molecule has 0 atom stereocenters. The van der Waals surface area contributed by atoms with E-state index in [1.165, 1.54) is 11.0 Å². The Labute approximate surface area is 218 Å². The third kappa shape index (κ3) is 4.00. The summed E-state index contributed by atoms with van der Waals surface area (Å²) in [4.78, 5) is 14.9. The van der Waals surface area contributed by atoms with E-state index in [1.54, 1.807) is 42.2 Å². The number of amides is 1. The summed E-state index contributed by atoms with van der Waals surface area (Å²) in [6.45, 7) is 2.15. The van der Waals surface area contributed by atoms with Crippen molar-refractivity contribution < 1.29 is 22.4 Å². The first-order valence-corrected chi connectivity index (χ1v) is 12.9. The van der Waals surface area contributed by atoms with Gasteiger partial charge in [0.1, 0.15) is 18.3 Å². The van der Waals surface area contributed by atoms with Crippen molar-refractivity contribution in [2.24, 2.45) is 7.05 Å². The van der Waals surface area contributed by atoms with Crippen molar-refractivity contribution in [3.8, 4) is 0 Å². The van der Waals surface area contributed by atoms with Crippen LogP contribution in [0.1, 0.15) is 77.5 Å². The van der Waals surface area contributed by atoms with Crippen LogP contribution in [0.3, 0.4) is 0 Å². The molecule has 0 saturated heterocycles. The van der Waals surface area contributed by atoms with E-state index in [-0.39, 0.29) is 42.6 Å². The van der Waals surface area contributed by atoms with Gasteiger partial charge >= 0.3 is 6.18 Å². The normalized spacial score (nSPS) is 24.2. The number of hydrogen-bond acceptors (Lipinski definition) is 4. The molecule has 1 aromatic heterocycles. The molecule has 6 rings (SSSR count). The van der Waals surface area contributed by atoms with E-state index in [4.69, 9.17) is 0 Å². The van der Waals surface area contributed by atoms with E-state index in [2.05, 4.69) is 22.4 Å². The Hall–Kier alpha value is -3.27. The van der Waals surface area contributed by atoms with E-state index in [0.717, 1.165) is 24.8 Å². The lowest BCUT2D eigenvalue weighted by molar-refractivity contribution is -0.138. The van der Waals surface area contributed by atoms with E-state index in [1.807, 2.05) is 6.07 Å². The van der Waals surface area contributed by atoms with Crippen LogP contribution in [0.2, 0.25) is 0 Å². The van der Waals surface area contributed by atoms with Gasteiger partial charge in [-0.1, -0.05) is 12.1 Å². The third-order valence-corrected chi connectivity index (χ3v) is 8.57. The van der Waals surface area contributed by atoms with Gasteiger partial charge in [0, 0.05) is 30.4 Å². The van der Waals surface area contributed by atoms with Crippen LogP contribution in [0.5, 0.6) is 0 Å². The molecule has 10 heteroatoms. The fourth-order valence-electron chi connectivity index (χ4n) is 6.16. The highest BCUT2D eigenvalue weighted by Gasteiger charge is 2.51. The second-order valence-corrected chi connectivity index (χ2v) is 11.2. The van der Waals surface area contributed by atoms with E-state index >= 15 is 0 Å². The molecule has 1 N–H and O–H groups in total. The molecule has 2 heterocycles. The Morgan fingerprint density at radius 1 is 1.16 bits per heavy atom. The monoisotopic (exact) mass is 527 g/mol. The summed E-state index contributed by atoms with van der Waals surface area (Å²) >= 11 is 0. The summed E-state index contributed by atoms with van der Waals surface area (Å²) in [5, 5.41) is 11.5. The fourth-order valence-corrected chi connectivity index (χ4v) is 6.16. The van der Waals surface area contributed by atoms with Gasteiger partial charge in [0.05, 0.1) is 17.5 Å². The number of anilines is 1. The van der Waals surface area contributed by atoms with E-state index in [0.29, 0.717) is 17.1 Å². The lowest BCUT2D eigenvalue weighted by Crippen LogP contribution is -2.47. The number of halogens is 4. The number of hydrogen-bond donors (Lipinski definition) is 1. The maximum Gasteiger partial charge on any atom is 0.416 e. The van der Waals surface area contributed by atoms with Crippen molar-refractivity contribution in [3.05, 3.63) is 76.4 Å². The average Bonchev–Trinajstić information content (AvgIpc) is 3.41. The first-order chi connectivity index (χ1) is 18.0. The summed E-state index contributed by atoms with van der Waals surface area (Å²) < 4.78 is 58.3. The summed E-state index contributed by atoms with van der Waals surface area (Å²) in [5.41, 5.74) is 0.195. The second kappa shape index (κ2) is 8.62. The van der Waals surface area contributed by atoms with Gasteiger partial charge in [-0.05, 0) is 80.0 Å². The minimum atomic E-state index is -4.59. The maximum atomic E-state index is 14.2. The minimum absolute atomic E-state index is 0.0120. The topological polar surface area (TPSA) is 63.1 Å². The zero-order valence-electron chi connectivity index (χ0n) is 21.3. The van der Waals surface area contributed by atoms with Gasteiger partial charge in [0.25, 0.3) is 5.91 Å². The summed E-state index contributed by atoms with van der Waals surface area (Å²) in [6.07, 6.45) is -0.512. The van der Waals surface area contributed by atoms with Crippen molar-refractivity contribution in [1.82, 2.24) is 20.1 Å². The van der Waals surface area contributed by atoms with Gasteiger partial charge in [-0.25, -0.2) is 4.39 Å². The molecule has 6 nitrogen and oxygen atoms in total. The van der Waals surface area contributed by atoms with Gasteiger partial charge < -0.3 is 14.8 Å². The minimum Gasteiger partial charge on any atom is -0.320 e. The molecule has 3 aromatic rings.